The SMILES string of the molecule is Cc1cc2c(-c3ccc(C(C(F)(F)F)(C(F)(F)F)C(F)(F)F)cc3)cccc2[cH-]1.Cl.Cl.[Zr]. The van der Waals surface area contributed by atoms with Crippen LogP contribution in [0.15, 0.2) is 54.6 Å². The zero-order valence-corrected chi connectivity index (χ0v) is 20.0. The Labute approximate surface area is 208 Å². The Morgan fingerprint density at radius 3 is 1.59 bits per heavy atom. The number of benzene rings is 2. The Balaban J connectivity index is 0.00000320. The summed E-state index contributed by atoms with van der Waals surface area (Å²) in [6, 6.07) is 10.7. The van der Waals surface area contributed by atoms with Gasteiger partial charge < -0.3 is 0 Å². The number of halogens is 11. The van der Waals surface area contributed by atoms with E-state index in [4.69, 9.17) is 0 Å². The van der Waals surface area contributed by atoms with E-state index in [1.807, 2.05) is 6.07 Å². The van der Waals surface area contributed by atoms with E-state index in [-0.39, 0.29) is 68.7 Å². The minimum absolute atomic E-state index is 0. The van der Waals surface area contributed by atoms with Gasteiger partial charge in [-0.15, -0.1) is 59.3 Å². The molecule has 0 fully saturated rings. The van der Waals surface area contributed by atoms with Crippen LogP contribution in [-0.2, 0) is 31.6 Å². The standard InChI is InChI=1S/C20H12F9.2ClH.Zr/c1-11-9-13-3-2-4-15(16(13)10-11)12-5-7-14(8-6-12)17(18(21,22)23,19(24,25)26)20(27,28)29;;;/h2-10H,1H3;2*1H;/q-1;;;. The van der Waals surface area contributed by atoms with E-state index in [1.54, 1.807) is 31.2 Å². The van der Waals surface area contributed by atoms with Gasteiger partial charge in [0.1, 0.15) is 0 Å². The fourth-order valence-corrected chi connectivity index (χ4v) is 3.51. The predicted octanol–water partition coefficient (Wildman–Crippen LogP) is 8.30. The summed E-state index contributed by atoms with van der Waals surface area (Å²) in [5.41, 5.74) is -6.34. The monoisotopic (exact) mass is 585 g/mol. The smallest absolute Gasteiger partial charge is 0.169 e. The van der Waals surface area contributed by atoms with Gasteiger partial charge >= 0.3 is 18.5 Å². The Hall–Kier alpha value is -1.12. The summed E-state index contributed by atoms with van der Waals surface area (Å²) in [5.74, 6) is 0. The van der Waals surface area contributed by atoms with Gasteiger partial charge in [0.15, 0.2) is 0 Å². The number of fused-ring (bicyclic) bond motifs is 1. The van der Waals surface area contributed by atoms with Gasteiger partial charge in [-0.3, -0.25) is 0 Å². The molecule has 0 N–H and O–H groups in total. The first-order valence-corrected chi connectivity index (χ1v) is 8.17. The van der Waals surface area contributed by atoms with E-state index in [2.05, 4.69) is 0 Å². The Morgan fingerprint density at radius 1 is 0.688 bits per heavy atom. The van der Waals surface area contributed by atoms with Crippen molar-refractivity contribution in [2.75, 3.05) is 0 Å². The van der Waals surface area contributed by atoms with Gasteiger partial charge in [0.25, 0.3) is 5.41 Å². The van der Waals surface area contributed by atoms with Crippen LogP contribution in [-0.4, -0.2) is 18.5 Å². The molecule has 0 aliphatic heterocycles. The summed E-state index contributed by atoms with van der Waals surface area (Å²) in [4.78, 5) is 0. The molecule has 0 nitrogen and oxygen atoms in total. The second-order valence-electron chi connectivity index (χ2n) is 6.66. The van der Waals surface area contributed by atoms with Gasteiger partial charge in [-0.25, -0.2) is 0 Å². The van der Waals surface area contributed by atoms with Crippen LogP contribution in [0.3, 0.4) is 0 Å². The van der Waals surface area contributed by atoms with Crippen LogP contribution in [0.2, 0.25) is 0 Å². The maximum absolute atomic E-state index is 13.2. The van der Waals surface area contributed by atoms with Crippen molar-refractivity contribution in [2.45, 2.75) is 30.9 Å². The van der Waals surface area contributed by atoms with Crippen molar-refractivity contribution in [2.24, 2.45) is 0 Å². The van der Waals surface area contributed by atoms with Crippen LogP contribution in [0.25, 0.3) is 21.9 Å². The molecular weight excluding hydrogens is 573 g/mol. The van der Waals surface area contributed by atoms with Crippen LogP contribution in [0.5, 0.6) is 0 Å². The molecule has 0 saturated carbocycles. The molecule has 0 aliphatic carbocycles. The molecule has 12 heteroatoms. The summed E-state index contributed by atoms with van der Waals surface area (Å²) in [6.07, 6.45) is -19.9. The maximum Gasteiger partial charge on any atom is 0.416 e. The van der Waals surface area contributed by atoms with E-state index in [0.29, 0.717) is 10.9 Å². The number of alkyl halides is 9. The Bertz CT molecular complexity index is 996. The Kier molecular flexibility index (Phi) is 9.67. The largest absolute Gasteiger partial charge is 0.416 e. The van der Waals surface area contributed by atoms with Gasteiger partial charge in [-0.2, -0.15) is 45.6 Å². The van der Waals surface area contributed by atoms with Crippen LogP contribution in [0.4, 0.5) is 39.5 Å². The average Bonchev–Trinajstić information content (AvgIpc) is 2.92. The van der Waals surface area contributed by atoms with Crippen molar-refractivity contribution < 1.29 is 65.7 Å². The van der Waals surface area contributed by atoms with Crippen molar-refractivity contribution in [3.63, 3.8) is 0 Å². The predicted molar refractivity (Wildman–Crippen MR) is 104 cm³/mol. The molecule has 32 heavy (non-hydrogen) atoms. The third kappa shape index (κ3) is 4.87. The molecule has 0 bridgehead atoms. The molecule has 0 spiro atoms. The molecule has 0 aromatic heterocycles. The zero-order chi connectivity index (χ0) is 21.8. The average molecular weight is 587 g/mol. The van der Waals surface area contributed by atoms with Crippen LogP contribution >= 0.6 is 24.8 Å². The number of hydrogen-bond donors (Lipinski definition) is 0. The van der Waals surface area contributed by atoms with E-state index < -0.39 is 29.5 Å². The summed E-state index contributed by atoms with van der Waals surface area (Å²) in [5, 5.41) is 1.48. The first-order chi connectivity index (χ1) is 13.2. The maximum atomic E-state index is 13.2. The number of aryl methyl sites for hydroxylation is 1. The minimum Gasteiger partial charge on any atom is -0.169 e. The van der Waals surface area contributed by atoms with Crippen molar-refractivity contribution in [1.82, 2.24) is 0 Å². The molecule has 0 aliphatic rings. The number of hydrogen-bond acceptors (Lipinski definition) is 0. The van der Waals surface area contributed by atoms with Crippen molar-refractivity contribution in [1.29, 1.82) is 0 Å². The molecular formula is C20H14Cl2F9Zr-. The van der Waals surface area contributed by atoms with E-state index in [0.717, 1.165) is 23.1 Å². The second-order valence-corrected chi connectivity index (χ2v) is 6.66. The van der Waals surface area contributed by atoms with Crippen LogP contribution in [0.1, 0.15) is 11.1 Å². The van der Waals surface area contributed by atoms with Crippen molar-refractivity contribution >= 4 is 35.6 Å². The minimum atomic E-state index is -6.63. The fourth-order valence-electron chi connectivity index (χ4n) is 3.51. The fraction of sp³-hybridized carbons (Fsp3) is 0.250. The van der Waals surface area contributed by atoms with E-state index >= 15 is 0 Å². The third-order valence-corrected chi connectivity index (χ3v) is 4.80. The van der Waals surface area contributed by atoms with Gasteiger partial charge in [0.2, 0.25) is 0 Å². The topological polar surface area (TPSA) is 0 Å². The quantitative estimate of drug-likeness (QED) is 0.209. The van der Waals surface area contributed by atoms with Crippen molar-refractivity contribution in [3.8, 4) is 11.1 Å². The van der Waals surface area contributed by atoms with E-state index in [1.165, 1.54) is 0 Å². The molecule has 0 atom stereocenters. The van der Waals surface area contributed by atoms with Gasteiger partial charge in [0.05, 0.1) is 0 Å². The van der Waals surface area contributed by atoms with E-state index in [9.17, 15) is 39.5 Å². The molecule has 3 rings (SSSR count). The molecule has 3 aromatic carbocycles. The first-order valence-electron chi connectivity index (χ1n) is 8.17. The third-order valence-electron chi connectivity index (χ3n) is 4.80. The Morgan fingerprint density at radius 2 is 1.16 bits per heavy atom. The molecule has 0 radical (unpaired) electrons. The van der Waals surface area contributed by atoms with Gasteiger partial charge in [0, 0.05) is 26.2 Å². The van der Waals surface area contributed by atoms with Gasteiger partial charge in [-0.1, -0.05) is 42.8 Å². The summed E-state index contributed by atoms with van der Waals surface area (Å²) >= 11 is 0. The molecule has 0 heterocycles. The zero-order valence-electron chi connectivity index (χ0n) is 15.9. The normalized spacial score (nSPS) is 12.6. The second kappa shape index (κ2) is 10.0. The van der Waals surface area contributed by atoms with Crippen LogP contribution in [0, 0.1) is 6.92 Å². The van der Waals surface area contributed by atoms with Crippen LogP contribution < -0.4 is 0 Å². The first kappa shape index (κ1) is 30.9. The molecule has 0 amide bonds. The summed E-state index contributed by atoms with van der Waals surface area (Å²) in [7, 11) is 0. The van der Waals surface area contributed by atoms with Gasteiger partial charge in [-0.05, 0) is 11.1 Å². The summed E-state index contributed by atoms with van der Waals surface area (Å²) < 4.78 is 119. The summed E-state index contributed by atoms with van der Waals surface area (Å²) in [6.45, 7) is 1.80. The number of rotatable bonds is 2. The molecule has 0 saturated heterocycles. The molecule has 0 unspecified atom stereocenters. The molecule has 176 valence electrons. The van der Waals surface area contributed by atoms with Crippen molar-refractivity contribution in [3.05, 3.63) is 65.7 Å². The molecule has 3 aromatic rings.